The molecule has 0 spiro atoms. The van der Waals surface area contributed by atoms with Crippen LogP contribution in [0, 0.1) is 5.92 Å². The average Bonchev–Trinajstić information content (AvgIpc) is 2.77. The molecule has 3 heteroatoms. The van der Waals surface area contributed by atoms with E-state index in [1.54, 1.807) is 0 Å². The van der Waals surface area contributed by atoms with E-state index in [4.69, 9.17) is 0 Å². The van der Waals surface area contributed by atoms with Crippen molar-refractivity contribution in [3.8, 4) is 0 Å². The third-order valence-electron chi connectivity index (χ3n) is 3.69. The largest absolute Gasteiger partial charge is 0.312 e. The fourth-order valence-electron chi connectivity index (χ4n) is 2.56. The standard InChI is InChI=1S/C17H33N3/c1-7-10-14(13-18-17(4,5)6)11-16-12-15(8-2)19-20(16)9-3/h12,14,18H,7-11,13H2,1-6H3. The summed E-state index contributed by atoms with van der Waals surface area (Å²) in [5, 5.41) is 8.32. The van der Waals surface area contributed by atoms with E-state index in [0.717, 1.165) is 25.9 Å². The van der Waals surface area contributed by atoms with Crippen molar-refractivity contribution in [2.45, 2.75) is 79.3 Å². The molecular weight excluding hydrogens is 246 g/mol. The minimum Gasteiger partial charge on any atom is -0.312 e. The Morgan fingerprint density at radius 2 is 1.95 bits per heavy atom. The molecule has 3 nitrogen and oxygen atoms in total. The topological polar surface area (TPSA) is 29.9 Å². The van der Waals surface area contributed by atoms with Gasteiger partial charge in [0.05, 0.1) is 5.69 Å². The van der Waals surface area contributed by atoms with Gasteiger partial charge in [-0.2, -0.15) is 5.10 Å². The molecule has 0 aliphatic rings. The zero-order valence-electron chi connectivity index (χ0n) is 14.3. The first-order valence-electron chi connectivity index (χ1n) is 8.20. The first-order valence-corrected chi connectivity index (χ1v) is 8.20. The minimum atomic E-state index is 0.200. The summed E-state index contributed by atoms with van der Waals surface area (Å²) in [6.45, 7) is 15.4. The van der Waals surface area contributed by atoms with E-state index in [1.807, 2.05) is 0 Å². The van der Waals surface area contributed by atoms with Gasteiger partial charge in [0.2, 0.25) is 0 Å². The number of nitrogens with zero attached hydrogens (tertiary/aromatic N) is 2. The van der Waals surface area contributed by atoms with Crippen molar-refractivity contribution in [3.05, 3.63) is 17.5 Å². The van der Waals surface area contributed by atoms with Gasteiger partial charge in [-0.25, -0.2) is 0 Å². The molecule has 1 N–H and O–H groups in total. The summed E-state index contributed by atoms with van der Waals surface area (Å²) in [4.78, 5) is 0. The zero-order valence-corrected chi connectivity index (χ0v) is 14.3. The molecule has 1 aromatic rings. The Bertz CT molecular complexity index is 387. The average molecular weight is 279 g/mol. The van der Waals surface area contributed by atoms with Crippen molar-refractivity contribution in [3.63, 3.8) is 0 Å². The van der Waals surface area contributed by atoms with Crippen molar-refractivity contribution in [2.24, 2.45) is 5.92 Å². The molecule has 0 bridgehead atoms. The smallest absolute Gasteiger partial charge is 0.0624 e. The fourth-order valence-corrected chi connectivity index (χ4v) is 2.56. The number of hydrogen-bond acceptors (Lipinski definition) is 2. The van der Waals surface area contributed by atoms with Gasteiger partial charge >= 0.3 is 0 Å². The first-order chi connectivity index (χ1) is 9.39. The molecule has 0 fully saturated rings. The second-order valence-corrected chi connectivity index (χ2v) is 6.79. The van der Waals surface area contributed by atoms with E-state index in [1.165, 1.54) is 24.2 Å². The third-order valence-corrected chi connectivity index (χ3v) is 3.69. The Morgan fingerprint density at radius 3 is 2.45 bits per heavy atom. The molecule has 1 aromatic heterocycles. The maximum absolute atomic E-state index is 4.67. The lowest BCUT2D eigenvalue weighted by Crippen LogP contribution is -2.39. The van der Waals surface area contributed by atoms with Crippen LogP contribution in [0.4, 0.5) is 0 Å². The minimum absolute atomic E-state index is 0.200. The van der Waals surface area contributed by atoms with Gasteiger partial charge in [0.1, 0.15) is 0 Å². The summed E-state index contributed by atoms with van der Waals surface area (Å²) >= 11 is 0. The lowest BCUT2D eigenvalue weighted by atomic mass is 9.96. The zero-order chi connectivity index (χ0) is 15.2. The van der Waals surface area contributed by atoms with Crippen LogP contribution in [0.3, 0.4) is 0 Å². The Balaban J connectivity index is 2.71. The second kappa shape index (κ2) is 7.82. The van der Waals surface area contributed by atoms with Crippen LogP contribution in [-0.4, -0.2) is 21.9 Å². The van der Waals surface area contributed by atoms with Crippen molar-refractivity contribution in [1.82, 2.24) is 15.1 Å². The van der Waals surface area contributed by atoms with Gasteiger partial charge in [-0.1, -0.05) is 20.3 Å². The van der Waals surface area contributed by atoms with Crippen molar-refractivity contribution < 1.29 is 0 Å². The van der Waals surface area contributed by atoms with Crippen LogP contribution in [-0.2, 0) is 19.4 Å². The fraction of sp³-hybridized carbons (Fsp3) is 0.824. The number of rotatable bonds is 8. The molecule has 0 amide bonds. The monoisotopic (exact) mass is 279 g/mol. The van der Waals surface area contributed by atoms with E-state index in [-0.39, 0.29) is 5.54 Å². The van der Waals surface area contributed by atoms with Gasteiger partial charge in [0, 0.05) is 17.8 Å². The molecular formula is C17H33N3. The quantitative estimate of drug-likeness (QED) is 0.784. The van der Waals surface area contributed by atoms with Crippen LogP contribution < -0.4 is 5.32 Å². The van der Waals surface area contributed by atoms with Crippen LogP contribution in [0.1, 0.15) is 65.8 Å². The summed E-state index contributed by atoms with van der Waals surface area (Å²) in [6.07, 6.45) is 4.69. The maximum atomic E-state index is 4.67. The van der Waals surface area contributed by atoms with Crippen molar-refractivity contribution in [2.75, 3.05) is 6.54 Å². The molecule has 0 saturated heterocycles. The SMILES string of the molecule is CCCC(CNC(C)(C)C)Cc1cc(CC)nn1CC. The van der Waals surface area contributed by atoms with Gasteiger partial charge in [-0.05, 0) is 65.5 Å². The molecule has 0 saturated carbocycles. The molecule has 116 valence electrons. The van der Waals surface area contributed by atoms with Gasteiger partial charge in [-0.3, -0.25) is 4.68 Å². The molecule has 20 heavy (non-hydrogen) atoms. The van der Waals surface area contributed by atoms with Crippen LogP contribution in [0.5, 0.6) is 0 Å². The molecule has 1 rings (SSSR count). The Hall–Kier alpha value is -0.830. The Kier molecular flexibility index (Phi) is 6.74. The summed E-state index contributed by atoms with van der Waals surface area (Å²) in [6, 6.07) is 2.29. The number of nitrogens with one attached hydrogen (secondary N) is 1. The molecule has 0 aliphatic heterocycles. The maximum Gasteiger partial charge on any atom is 0.0624 e. The second-order valence-electron chi connectivity index (χ2n) is 6.79. The lowest BCUT2D eigenvalue weighted by molar-refractivity contribution is 0.350. The highest BCUT2D eigenvalue weighted by atomic mass is 15.3. The number of aromatic nitrogens is 2. The van der Waals surface area contributed by atoms with E-state index >= 15 is 0 Å². The van der Waals surface area contributed by atoms with E-state index in [0.29, 0.717) is 5.92 Å². The van der Waals surface area contributed by atoms with Gasteiger partial charge in [-0.15, -0.1) is 0 Å². The molecule has 1 heterocycles. The van der Waals surface area contributed by atoms with E-state index < -0.39 is 0 Å². The molecule has 0 radical (unpaired) electrons. The van der Waals surface area contributed by atoms with Crippen LogP contribution in [0.25, 0.3) is 0 Å². The van der Waals surface area contributed by atoms with E-state index in [9.17, 15) is 0 Å². The highest BCUT2D eigenvalue weighted by Gasteiger charge is 2.16. The summed E-state index contributed by atoms with van der Waals surface area (Å²) < 4.78 is 2.18. The van der Waals surface area contributed by atoms with Crippen LogP contribution >= 0.6 is 0 Å². The summed E-state index contributed by atoms with van der Waals surface area (Å²) in [7, 11) is 0. The predicted molar refractivity (Wildman–Crippen MR) is 87.1 cm³/mol. The van der Waals surface area contributed by atoms with Crippen molar-refractivity contribution >= 4 is 0 Å². The van der Waals surface area contributed by atoms with Gasteiger partial charge < -0.3 is 5.32 Å². The molecule has 1 unspecified atom stereocenters. The van der Waals surface area contributed by atoms with Crippen molar-refractivity contribution in [1.29, 1.82) is 0 Å². The van der Waals surface area contributed by atoms with Gasteiger partial charge in [0.25, 0.3) is 0 Å². The first kappa shape index (κ1) is 17.2. The number of hydrogen-bond donors (Lipinski definition) is 1. The third kappa shape index (κ3) is 5.66. The Morgan fingerprint density at radius 1 is 1.25 bits per heavy atom. The number of aryl methyl sites for hydroxylation is 2. The summed E-state index contributed by atoms with van der Waals surface area (Å²) in [5.74, 6) is 0.700. The summed E-state index contributed by atoms with van der Waals surface area (Å²) in [5.41, 5.74) is 2.82. The van der Waals surface area contributed by atoms with E-state index in [2.05, 4.69) is 62.7 Å². The normalized spacial score (nSPS) is 13.7. The highest BCUT2D eigenvalue weighted by molar-refractivity contribution is 5.11. The Labute approximate surface area is 125 Å². The van der Waals surface area contributed by atoms with Crippen LogP contribution in [0.2, 0.25) is 0 Å². The highest BCUT2D eigenvalue weighted by Crippen LogP contribution is 2.16. The molecule has 0 aromatic carbocycles. The van der Waals surface area contributed by atoms with Gasteiger partial charge in [0.15, 0.2) is 0 Å². The lowest BCUT2D eigenvalue weighted by Gasteiger charge is -2.25. The van der Waals surface area contributed by atoms with Crippen LogP contribution in [0.15, 0.2) is 6.07 Å². The molecule has 1 atom stereocenters. The molecule has 0 aliphatic carbocycles. The predicted octanol–water partition coefficient (Wildman–Crippen LogP) is 3.81.